The van der Waals surface area contributed by atoms with Crippen LogP contribution >= 0.6 is 0 Å². The third-order valence-electron chi connectivity index (χ3n) is 5.16. The molecule has 3 rings (SSSR count). The summed E-state index contributed by atoms with van der Waals surface area (Å²) in [5, 5.41) is 8.84. The average Bonchev–Trinajstić information content (AvgIpc) is 3.06. The molecule has 170 valence electrons. The Balaban J connectivity index is 1.71. The first-order chi connectivity index (χ1) is 15.9. The molecular formula is C24H22FN3O5. The Morgan fingerprint density at radius 1 is 1.12 bits per heavy atom. The van der Waals surface area contributed by atoms with Gasteiger partial charge in [0, 0.05) is 13.1 Å². The highest BCUT2D eigenvalue weighted by Gasteiger charge is 2.35. The summed E-state index contributed by atoms with van der Waals surface area (Å²) in [4.78, 5) is 52.3. The minimum Gasteiger partial charge on any atom is -0.452 e. The van der Waals surface area contributed by atoms with Crippen LogP contribution in [0.5, 0.6) is 0 Å². The average molecular weight is 451 g/mol. The van der Waals surface area contributed by atoms with Crippen molar-refractivity contribution in [3.63, 3.8) is 0 Å². The summed E-state index contributed by atoms with van der Waals surface area (Å²) in [6.45, 7) is 1.48. The standard InChI is InChI=1S/C24H22FN3O5/c1-2-3-12-28-22(30)17-10-9-16(14-18(17)23(28)31)24(32)33-15-21(29)27(13-6-11-26)20-8-5-4-7-19(20)25/h4-5,7-10,14H,2-3,6,12-13,15H2,1H3. The lowest BCUT2D eigenvalue weighted by Gasteiger charge is -2.22. The molecule has 1 aliphatic rings. The number of nitrogens with zero attached hydrogens (tertiary/aromatic N) is 3. The summed E-state index contributed by atoms with van der Waals surface area (Å²) in [5.41, 5.74) is 0.307. The molecule has 9 heteroatoms. The fourth-order valence-corrected chi connectivity index (χ4v) is 3.44. The van der Waals surface area contributed by atoms with Crippen LogP contribution in [0.2, 0.25) is 0 Å². The Kier molecular flexibility index (Phi) is 7.51. The first kappa shape index (κ1) is 23.6. The van der Waals surface area contributed by atoms with Crippen LogP contribution in [0.1, 0.15) is 57.3 Å². The number of imide groups is 1. The molecule has 0 spiro atoms. The number of ether oxygens (including phenoxy) is 1. The quantitative estimate of drug-likeness (QED) is 0.428. The zero-order valence-electron chi connectivity index (χ0n) is 18.0. The molecule has 0 bridgehead atoms. The number of esters is 1. The van der Waals surface area contributed by atoms with Gasteiger partial charge in [0.25, 0.3) is 17.7 Å². The maximum Gasteiger partial charge on any atom is 0.338 e. The number of amides is 3. The first-order valence-electron chi connectivity index (χ1n) is 10.5. The van der Waals surface area contributed by atoms with E-state index in [1.807, 2.05) is 13.0 Å². The molecule has 0 radical (unpaired) electrons. The van der Waals surface area contributed by atoms with Gasteiger partial charge < -0.3 is 9.64 Å². The summed E-state index contributed by atoms with van der Waals surface area (Å²) < 4.78 is 19.2. The highest BCUT2D eigenvalue weighted by atomic mass is 19.1. The molecule has 3 amide bonds. The van der Waals surface area contributed by atoms with Crippen molar-refractivity contribution < 1.29 is 28.3 Å². The second-order valence-corrected chi connectivity index (χ2v) is 7.36. The van der Waals surface area contributed by atoms with E-state index in [1.54, 1.807) is 6.07 Å². The van der Waals surface area contributed by atoms with Gasteiger partial charge in [-0.05, 0) is 36.8 Å². The predicted molar refractivity (Wildman–Crippen MR) is 116 cm³/mol. The van der Waals surface area contributed by atoms with Gasteiger partial charge in [0.05, 0.1) is 34.9 Å². The van der Waals surface area contributed by atoms with Gasteiger partial charge in [0.1, 0.15) is 5.82 Å². The second kappa shape index (κ2) is 10.5. The van der Waals surface area contributed by atoms with Crippen LogP contribution in [0, 0.1) is 17.1 Å². The lowest BCUT2D eigenvalue weighted by atomic mass is 10.1. The van der Waals surface area contributed by atoms with E-state index in [2.05, 4.69) is 0 Å². The number of carbonyl (C=O) groups is 4. The molecule has 0 unspecified atom stereocenters. The Labute approximate surface area is 190 Å². The lowest BCUT2D eigenvalue weighted by Crippen LogP contribution is -2.36. The van der Waals surface area contributed by atoms with Crippen LogP contribution in [0.15, 0.2) is 42.5 Å². The zero-order valence-corrected chi connectivity index (χ0v) is 18.0. The van der Waals surface area contributed by atoms with Crippen LogP contribution < -0.4 is 4.90 Å². The van der Waals surface area contributed by atoms with Crippen molar-refractivity contribution in [2.75, 3.05) is 24.6 Å². The van der Waals surface area contributed by atoms with Crippen LogP contribution in [0.4, 0.5) is 10.1 Å². The molecule has 2 aromatic carbocycles. The van der Waals surface area contributed by atoms with E-state index in [4.69, 9.17) is 10.00 Å². The maximum absolute atomic E-state index is 14.1. The third-order valence-corrected chi connectivity index (χ3v) is 5.16. The topological polar surface area (TPSA) is 108 Å². The zero-order chi connectivity index (χ0) is 24.0. The van der Waals surface area contributed by atoms with Crippen molar-refractivity contribution in [2.45, 2.75) is 26.2 Å². The van der Waals surface area contributed by atoms with E-state index >= 15 is 0 Å². The Hall–Kier alpha value is -4.06. The number of fused-ring (bicyclic) bond motifs is 1. The number of unbranched alkanes of at least 4 members (excludes halogenated alkanes) is 1. The van der Waals surface area contributed by atoms with Gasteiger partial charge in [-0.3, -0.25) is 19.3 Å². The maximum atomic E-state index is 14.1. The fourth-order valence-electron chi connectivity index (χ4n) is 3.44. The van der Waals surface area contributed by atoms with Crippen molar-refractivity contribution in [2.24, 2.45) is 0 Å². The number of carbonyl (C=O) groups excluding carboxylic acids is 4. The Bertz CT molecular complexity index is 1140. The number of nitriles is 1. The molecule has 1 aliphatic heterocycles. The predicted octanol–water partition coefficient (Wildman–Crippen LogP) is 3.33. The molecule has 0 saturated carbocycles. The summed E-state index contributed by atoms with van der Waals surface area (Å²) in [6.07, 6.45) is 1.45. The van der Waals surface area contributed by atoms with E-state index in [0.717, 1.165) is 16.2 Å². The normalized spacial score (nSPS) is 12.3. The number of benzene rings is 2. The minimum atomic E-state index is -0.868. The van der Waals surface area contributed by atoms with E-state index < -0.39 is 36.1 Å². The van der Waals surface area contributed by atoms with Gasteiger partial charge in [-0.25, -0.2) is 9.18 Å². The lowest BCUT2D eigenvalue weighted by molar-refractivity contribution is -0.121. The van der Waals surface area contributed by atoms with Crippen LogP contribution in [0.3, 0.4) is 0 Å². The van der Waals surface area contributed by atoms with Crippen LogP contribution in [0.25, 0.3) is 0 Å². The van der Waals surface area contributed by atoms with Crippen molar-refractivity contribution in [3.8, 4) is 6.07 Å². The van der Waals surface area contributed by atoms with Crippen molar-refractivity contribution in [3.05, 3.63) is 65.0 Å². The molecule has 0 fully saturated rings. The third kappa shape index (κ3) is 5.06. The van der Waals surface area contributed by atoms with Crippen molar-refractivity contribution in [1.29, 1.82) is 5.26 Å². The molecule has 8 nitrogen and oxygen atoms in total. The molecular weight excluding hydrogens is 429 g/mol. The van der Waals surface area contributed by atoms with E-state index in [-0.39, 0.29) is 35.3 Å². The van der Waals surface area contributed by atoms with E-state index in [1.165, 1.54) is 36.4 Å². The van der Waals surface area contributed by atoms with E-state index in [0.29, 0.717) is 13.0 Å². The Morgan fingerprint density at radius 3 is 2.55 bits per heavy atom. The summed E-state index contributed by atoms with van der Waals surface area (Å²) in [6, 6.07) is 11.5. The number of halogens is 1. The fraction of sp³-hybridized carbons (Fsp3) is 0.292. The number of para-hydroxylation sites is 1. The summed E-state index contributed by atoms with van der Waals surface area (Å²) >= 11 is 0. The van der Waals surface area contributed by atoms with Gasteiger partial charge >= 0.3 is 5.97 Å². The molecule has 1 heterocycles. The van der Waals surface area contributed by atoms with Gasteiger partial charge in [0.15, 0.2) is 6.61 Å². The van der Waals surface area contributed by atoms with Gasteiger partial charge in [-0.2, -0.15) is 5.26 Å². The monoisotopic (exact) mass is 451 g/mol. The number of anilines is 1. The summed E-state index contributed by atoms with van der Waals surface area (Å²) in [7, 11) is 0. The molecule has 0 atom stereocenters. The van der Waals surface area contributed by atoms with Crippen molar-refractivity contribution in [1.82, 2.24) is 4.90 Å². The van der Waals surface area contributed by atoms with Crippen molar-refractivity contribution >= 4 is 29.4 Å². The molecule has 0 aromatic heterocycles. The first-order valence-corrected chi connectivity index (χ1v) is 10.5. The summed E-state index contributed by atoms with van der Waals surface area (Å²) in [5.74, 6) is -3.11. The van der Waals surface area contributed by atoms with Crippen LogP contribution in [-0.2, 0) is 9.53 Å². The minimum absolute atomic E-state index is 0.00880. The molecule has 33 heavy (non-hydrogen) atoms. The van der Waals surface area contributed by atoms with Crippen LogP contribution in [-0.4, -0.2) is 48.3 Å². The number of hydrogen-bond donors (Lipinski definition) is 0. The molecule has 0 aliphatic carbocycles. The highest BCUT2D eigenvalue weighted by Crippen LogP contribution is 2.25. The van der Waals surface area contributed by atoms with Gasteiger partial charge in [0.2, 0.25) is 0 Å². The van der Waals surface area contributed by atoms with Gasteiger partial charge in [-0.1, -0.05) is 25.5 Å². The molecule has 0 saturated heterocycles. The number of rotatable bonds is 9. The van der Waals surface area contributed by atoms with Gasteiger partial charge in [-0.15, -0.1) is 0 Å². The SMILES string of the molecule is CCCCN1C(=O)c2ccc(C(=O)OCC(=O)N(CCC#N)c3ccccc3F)cc2C1=O. The molecule has 0 N–H and O–H groups in total. The second-order valence-electron chi connectivity index (χ2n) is 7.36. The largest absolute Gasteiger partial charge is 0.452 e. The van der Waals surface area contributed by atoms with E-state index in [9.17, 15) is 23.6 Å². The Morgan fingerprint density at radius 2 is 1.85 bits per heavy atom. The number of hydrogen-bond acceptors (Lipinski definition) is 6. The highest BCUT2D eigenvalue weighted by molar-refractivity contribution is 6.22. The smallest absolute Gasteiger partial charge is 0.338 e. The molecule has 2 aromatic rings.